The molecule has 1 amide bonds. The van der Waals surface area contributed by atoms with E-state index in [0.717, 1.165) is 11.1 Å². The maximum Gasteiger partial charge on any atom is 0.251 e. The summed E-state index contributed by atoms with van der Waals surface area (Å²) in [5.41, 5.74) is 2.04. The second-order valence-corrected chi connectivity index (χ2v) is 6.26. The third kappa shape index (κ3) is 4.48. The Morgan fingerprint density at radius 2 is 2.20 bits per heavy atom. The summed E-state index contributed by atoms with van der Waals surface area (Å²) in [7, 11) is -0.962. The van der Waals surface area contributed by atoms with Crippen LogP contribution >= 0.6 is 0 Å². The first-order chi connectivity index (χ1) is 9.47. The lowest BCUT2D eigenvalue weighted by atomic mass is 10.0. The highest BCUT2D eigenvalue weighted by Crippen LogP contribution is 2.12. The number of rotatable bonds is 4. The van der Waals surface area contributed by atoms with Crippen LogP contribution in [0.3, 0.4) is 0 Å². The van der Waals surface area contributed by atoms with Gasteiger partial charge in [-0.15, -0.1) is 0 Å². The molecule has 108 valence electrons. The van der Waals surface area contributed by atoms with Crippen molar-refractivity contribution in [2.75, 3.05) is 19.4 Å². The van der Waals surface area contributed by atoms with Gasteiger partial charge in [0.25, 0.3) is 5.91 Å². The molecular formula is C15H19NO3S. The lowest BCUT2D eigenvalue weighted by Crippen LogP contribution is -2.33. The fourth-order valence-electron chi connectivity index (χ4n) is 1.60. The van der Waals surface area contributed by atoms with Gasteiger partial charge in [0, 0.05) is 40.0 Å². The van der Waals surface area contributed by atoms with Crippen LogP contribution in [0.1, 0.15) is 28.4 Å². The molecule has 0 spiro atoms. The molecule has 0 saturated carbocycles. The average Bonchev–Trinajstić information content (AvgIpc) is 2.43. The molecular weight excluding hydrogens is 274 g/mol. The third-order valence-electron chi connectivity index (χ3n) is 3.00. The standard InChI is InChI=1S/C15H19NO3S/c1-11(20(3)19)10-16-15(18)14-8-4-6-13(12(14)2)7-5-9-17/h4,6,8,11,17H,9-10H2,1-3H3,(H,16,18). The molecule has 0 radical (unpaired) electrons. The molecule has 0 aromatic heterocycles. The van der Waals surface area contributed by atoms with E-state index < -0.39 is 10.8 Å². The van der Waals surface area contributed by atoms with E-state index in [9.17, 15) is 9.00 Å². The predicted molar refractivity (Wildman–Crippen MR) is 81.0 cm³/mol. The van der Waals surface area contributed by atoms with Gasteiger partial charge in [0.2, 0.25) is 0 Å². The Balaban J connectivity index is 2.86. The van der Waals surface area contributed by atoms with Gasteiger partial charge in [0.15, 0.2) is 0 Å². The van der Waals surface area contributed by atoms with E-state index in [1.165, 1.54) is 0 Å². The summed E-state index contributed by atoms with van der Waals surface area (Å²) in [6, 6.07) is 5.28. The van der Waals surface area contributed by atoms with E-state index in [1.54, 1.807) is 24.5 Å². The zero-order valence-electron chi connectivity index (χ0n) is 11.9. The number of carbonyl (C=O) groups is 1. The van der Waals surface area contributed by atoms with Crippen LogP contribution in [0.2, 0.25) is 0 Å². The molecule has 0 fully saturated rings. The monoisotopic (exact) mass is 293 g/mol. The fraction of sp³-hybridized carbons (Fsp3) is 0.400. The maximum atomic E-state index is 12.1. The van der Waals surface area contributed by atoms with Gasteiger partial charge in [-0.25, -0.2) is 0 Å². The fourth-order valence-corrected chi connectivity index (χ4v) is 1.92. The summed E-state index contributed by atoms with van der Waals surface area (Å²) in [6.45, 7) is 3.80. The van der Waals surface area contributed by atoms with E-state index in [2.05, 4.69) is 17.2 Å². The largest absolute Gasteiger partial charge is 0.384 e. The summed E-state index contributed by atoms with van der Waals surface area (Å²) >= 11 is 0. The molecule has 1 aromatic rings. The Labute approximate surface area is 122 Å². The summed E-state index contributed by atoms with van der Waals surface area (Å²) in [4.78, 5) is 12.1. The molecule has 2 unspecified atom stereocenters. The van der Waals surface area contributed by atoms with Gasteiger partial charge in [0.1, 0.15) is 6.61 Å². The molecule has 1 rings (SSSR count). The number of hydrogen-bond acceptors (Lipinski definition) is 3. The van der Waals surface area contributed by atoms with Crippen molar-refractivity contribution in [3.8, 4) is 11.8 Å². The van der Waals surface area contributed by atoms with Crippen LogP contribution < -0.4 is 5.32 Å². The Bertz CT molecular complexity index is 572. The van der Waals surface area contributed by atoms with Crippen LogP contribution in [-0.4, -0.2) is 39.9 Å². The molecule has 0 aliphatic carbocycles. The Morgan fingerprint density at radius 1 is 1.50 bits per heavy atom. The first-order valence-corrected chi connectivity index (χ1v) is 7.89. The maximum absolute atomic E-state index is 12.1. The molecule has 5 heteroatoms. The Kier molecular flexibility index (Phi) is 6.43. The number of nitrogens with one attached hydrogen (secondary N) is 1. The quantitative estimate of drug-likeness (QED) is 0.808. The van der Waals surface area contributed by atoms with Gasteiger partial charge < -0.3 is 10.4 Å². The van der Waals surface area contributed by atoms with Gasteiger partial charge in [-0.2, -0.15) is 0 Å². The Morgan fingerprint density at radius 3 is 2.80 bits per heavy atom. The molecule has 1 aromatic carbocycles. The van der Waals surface area contributed by atoms with Crippen molar-refractivity contribution in [3.63, 3.8) is 0 Å². The molecule has 0 saturated heterocycles. The zero-order chi connectivity index (χ0) is 15.1. The van der Waals surface area contributed by atoms with Gasteiger partial charge in [0.05, 0.1) is 0 Å². The van der Waals surface area contributed by atoms with Crippen molar-refractivity contribution < 1.29 is 14.1 Å². The van der Waals surface area contributed by atoms with E-state index in [0.29, 0.717) is 12.1 Å². The molecule has 0 aliphatic rings. The van der Waals surface area contributed by atoms with Crippen molar-refractivity contribution in [2.24, 2.45) is 0 Å². The number of benzene rings is 1. The smallest absolute Gasteiger partial charge is 0.251 e. The topological polar surface area (TPSA) is 66.4 Å². The van der Waals surface area contributed by atoms with E-state index in [-0.39, 0.29) is 17.8 Å². The molecule has 0 bridgehead atoms. The second-order valence-electron chi connectivity index (χ2n) is 4.46. The summed E-state index contributed by atoms with van der Waals surface area (Å²) in [5, 5.41) is 11.4. The average molecular weight is 293 g/mol. The van der Waals surface area contributed by atoms with Gasteiger partial charge >= 0.3 is 0 Å². The lowest BCUT2D eigenvalue weighted by Gasteiger charge is -2.12. The van der Waals surface area contributed by atoms with Crippen LogP contribution in [0, 0.1) is 18.8 Å². The Hall–Kier alpha value is -1.64. The van der Waals surface area contributed by atoms with Gasteiger partial charge in [-0.1, -0.05) is 17.9 Å². The third-order valence-corrected chi connectivity index (χ3v) is 4.30. The van der Waals surface area contributed by atoms with Crippen LogP contribution in [-0.2, 0) is 10.8 Å². The van der Waals surface area contributed by atoms with E-state index >= 15 is 0 Å². The number of carbonyl (C=O) groups excluding carboxylic acids is 1. The van der Waals surface area contributed by atoms with Crippen molar-refractivity contribution in [1.29, 1.82) is 0 Å². The minimum Gasteiger partial charge on any atom is -0.384 e. The van der Waals surface area contributed by atoms with Crippen LogP contribution in [0.5, 0.6) is 0 Å². The minimum absolute atomic E-state index is 0.0865. The summed E-state index contributed by atoms with van der Waals surface area (Å²) in [5.74, 6) is 5.18. The normalized spacial score (nSPS) is 13.0. The van der Waals surface area contributed by atoms with E-state index in [4.69, 9.17) is 5.11 Å². The highest BCUT2D eigenvalue weighted by atomic mass is 32.2. The first kappa shape index (κ1) is 16.4. The van der Waals surface area contributed by atoms with Gasteiger partial charge in [-0.3, -0.25) is 9.00 Å². The number of aliphatic hydroxyl groups is 1. The summed E-state index contributed by atoms with van der Waals surface area (Å²) in [6.07, 6.45) is 1.62. The number of amides is 1. The molecule has 4 nitrogen and oxygen atoms in total. The first-order valence-electron chi connectivity index (χ1n) is 6.27. The van der Waals surface area contributed by atoms with Crippen LogP contribution in [0.25, 0.3) is 0 Å². The number of hydrogen-bond donors (Lipinski definition) is 2. The van der Waals surface area contributed by atoms with Crippen molar-refractivity contribution >= 4 is 16.7 Å². The number of aliphatic hydroxyl groups excluding tert-OH is 1. The molecule has 20 heavy (non-hydrogen) atoms. The van der Waals surface area contributed by atoms with Crippen LogP contribution in [0.15, 0.2) is 18.2 Å². The zero-order valence-corrected chi connectivity index (χ0v) is 12.7. The molecule has 2 N–H and O–H groups in total. The molecule has 2 atom stereocenters. The highest BCUT2D eigenvalue weighted by Gasteiger charge is 2.13. The van der Waals surface area contributed by atoms with Crippen molar-refractivity contribution in [3.05, 3.63) is 34.9 Å². The molecule has 0 aliphatic heterocycles. The SMILES string of the molecule is Cc1c(C#CCO)cccc1C(=O)NCC(C)S(C)=O. The lowest BCUT2D eigenvalue weighted by molar-refractivity contribution is 0.0953. The summed E-state index contributed by atoms with van der Waals surface area (Å²) < 4.78 is 11.2. The van der Waals surface area contributed by atoms with E-state index in [1.807, 2.05) is 13.8 Å². The van der Waals surface area contributed by atoms with Crippen LogP contribution in [0.4, 0.5) is 0 Å². The second kappa shape index (κ2) is 7.83. The highest BCUT2D eigenvalue weighted by molar-refractivity contribution is 7.84. The van der Waals surface area contributed by atoms with Crippen molar-refractivity contribution in [1.82, 2.24) is 5.32 Å². The predicted octanol–water partition coefficient (Wildman–Crippen LogP) is 0.836. The minimum atomic E-state index is -0.962. The molecule has 0 heterocycles. The van der Waals surface area contributed by atoms with Gasteiger partial charge in [-0.05, 0) is 31.5 Å². The van der Waals surface area contributed by atoms with Crippen molar-refractivity contribution in [2.45, 2.75) is 19.1 Å².